The highest BCUT2D eigenvalue weighted by molar-refractivity contribution is 7.91. The van der Waals surface area contributed by atoms with Crippen molar-refractivity contribution in [3.63, 3.8) is 0 Å². The average molecular weight is 366 g/mol. The number of aromatic nitrogens is 3. The Morgan fingerprint density at radius 1 is 1.19 bits per heavy atom. The van der Waals surface area contributed by atoms with Crippen molar-refractivity contribution in [3.8, 4) is 11.3 Å². The fourth-order valence-electron chi connectivity index (χ4n) is 3.16. The van der Waals surface area contributed by atoms with Crippen molar-refractivity contribution in [1.29, 1.82) is 0 Å². The molecule has 0 saturated heterocycles. The van der Waals surface area contributed by atoms with Crippen LogP contribution >= 0.6 is 0 Å². The number of pyridine rings is 2. The second-order valence-electron chi connectivity index (χ2n) is 6.46. The maximum absolute atomic E-state index is 13.3. The molecule has 4 rings (SSSR count). The molecule has 1 aliphatic rings. The number of hydrogen-bond donors (Lipinski definition) is 1. The van der Waals surface area contributed by atoms with Gasteiger partial charge < -0.3 is 5.73 Å². The van der Waals surface area contributed by atoms with Crippen LogP contribution in [0.3, 0.4) is 0 Å². The Balaban J connectivity index is 1.91. The van der Waals surface area contributed by atoms with Crippen LogP contribution in [-0.4, -0.2) is 27.1 Å². The smallest absolute Gasteiger partial charge is 0.249 e. The molecule has 0 saturated carbocycles. The van der Waals surface area contributed by atoms with Crippen LogP contribution in [0.5, 0.6) is 0 Å². The van der Waals surface area contributed by atoms with Crippen molar-refractivity contribution >= 4 is 26.9 Å². The first-order chi connectivity index (χ1) is 12.4. The van der Waals surface area contributed by atoms with Gasteiger partial charge in [0.2, 0.25) is 10.0 Å². The molecule has 1 aliphatic carbocycles. The van der Waals surface area contributed by atoms with Gasteiger partial charge in [-0.3, -0.25) is 0 Å². The van der Waals surface area contributed by atoms with Gasteiger partial charge in [-0.2, -0.15) is 0 Å². The largest absolute Gasteiger partial charge is 0.384 e. The van der Waals surface area contributed by atoms with E-state index in [9.17, 15) is 8.42 Å². The van der Waals surface area contributed by atoms with Crippen LogP contribution in [0.4, 0.5) is 5.82 Å². The van der Waals surface area contributed by atoms with E-state index in [1.54, 1.807) is 43.6 Å². The third-order valence-electron chi connectivity index (χ3n) is 4.67. The van der Waals surface area contributed by atoms with Gasteiger partial charge in [-0.05, 0) is 37.6 Å². The fourth-order valence-corrected chi connectivity index (χ4v) is 4.76. The standard InChI is InChI=1S/C19H18N4O2S/c1-19(10-3-2-4-11-19)26(24,25)23-13-9-15-14(8-12-21-18(15)23)16-6-5-7-17(20)22-16/h2-10,12-13H,11H2,1H3,(H2,20,22). The van der Waals surface area contributed by atoms with Crippen molar-refractivity contribution in [2.45, 2.75) is 18.1 Å². The predicted molar refractivity (Wildman–Crippen MR) is 103 cm³/mol. The highest BCUT2D eigenvalue weighted by Gasteiger charge is 2.38. The van der Waals surface area contributed by atoms with Gasteiger partial charge >= 0.3 is 0 Å². The molecule has 0 amide bonds. The lowest BCUT2D eigenvalue weighted by Gasteiger charge is -2.26. The van der Waals surface area contributed by atoms with Crippen molar-refractivity contribution in [2.75, 3.05) is 5.73 Å². The van der Waals surface area contributed by atoms with Gasteiger partial charge in [-0.25, -0.2) is 22.4 Å². The van der Waals surface area contributed by atoms with Crippen molar-refractivity contribution in [1.82, 2.24) is 13.9 Å². The fraction of sp³-hybridized carbons (Fsp3) is 0.158. The molecule has 0 aromatic carbocycles. The molecule has 3 aromatic rings. The Morgan fingerprint density at radius 2 is 2.04 bits per heavy atom. The average Bonchev–Trinajstić information content (AvgIpc) is 3.07. The molecule has 132 valence electrons. The number of nitrogen functional groups attached to an aromatic ring is 1. The summed E-state index contributed by atoms with van der Waals surface area (Å²) in [5, 5.41) is 0.716. The normalized spacial score (nSPS) is 19.9. The summed E-state index contributed by atoms with van der Waals surface area (Å²) in [6, 6.07) is 8.93. The summed E-state index contributed by atoms with van der Waals surface area (Å²) in [6.45, 7) is 1.72. The van der Waals surface area contributed by atoms with Crippen molar-refractivity contribution in [2.24, 2.45) is 0 Å². The number of nitrogens with zero attached hydrogens (tertiary/aromatic N) is 3. The van der Waals surface area contributed by atoms with E-state index in [0.29, 0.717) is 29.0 Å². The zero-order valence-corrected chi connectivity index (χ0v) is 15.0. The summed E-state index contributed by atoms with van der Waals surface area (Å²) >= 11 is 0. The summed E-state index contributed by atoms with van der Waals surface area (Å²) in [6.07, 6.45) is 10.8. The minimum atomic E-state index is -3.68. The Labute approximate surface area is 151 Å². The Morgan fingerprint density at radius 3 is 2.77 bits per heavy atom. The van der Waals surface area contributed by atoms with Gasteiger partial charge in [0.05, 0.1) is 5.69 Å². The van der Waals surface area contributed by atoms with Crippen LogP contribution in [0.1, 0.15) is 13.3 Å². The third-order valence-corrected chi connectivity index (χ3v) is 6.96. The lowest BCUT2D eigenvalue weighted by Crippen LogP contribution is -2.37. The third kappa shape index (κ3) is 2.43. The number of rotatable bonds is 3. The molecule has 1 unspecified atom stereocenters. The Hall–Kier alpha value is -2.93. The van der Waals surface area contributed by atoms with E-state index < -0.39 is 14.8 Å². The minimum Gasteiger partial charge on any atom is -0.384 e. The van der Waals surface area contributed by atoms with Crippen molar-refractivity contribution < 1.29 is 8.42 Å². The van der Waals surface area contributed by atoms with E-state index in [1.807, 2.05) is 30.4 Å². The van der Waals surface area contributed by atoms with Crippen LogP contribution in [0.15, 0.2) is 67.0 Å². The van der Waals surface area contributed by atoms with E-state index in [2.05, 4.69) is 9.97 Å². The first-order valence-electron chi connectivity index (χ1n) is 8.21. The van der Waals surface area contributed by atoms with E-state index >= 15 is 0 Å². The van der Waals surface area contributed by atoms with Gasteiger partial charge in [-0.1, -0.05) is 30.4 Å². The quantitative estimate of drug-likeness (QED) is 0.769. The summed E-state index contributed by atoms with van der Waals surface area (Å²) < 4.78 is 26.8. The minimum absolute atomic E-state index is 0.385. The van der Waals surface area contributed by atoms with Crippen LogP contribution < -0.4 is 5.73 Å². The van der Waals surface area contributed by atoms with Crippen LogP contribution in [-0.2, 0) is 10.0 Å². The van der Waals surface area contributed by atoms with Crippen LogP contribution in [0.2, 0.25) is 0 Å². The number of fused-ring (bicyclic) bond motifs is 1. The topological polar surface area (TPSA) is 90.9 Å². The Bertz CT molecular complexity index is 1160. The maximum Gasteiger partial charge on any atom is 0.249 e. The maximum atomic E-state index is 13.3. The molecule has 3 heterocycles. The number of hydrogen-bond acceptors (Lipinski definition) is 5. The predicted octanol–water partition coefficient (Wildman–Crippen LogP) is 3.13. The molecular formula is C19H18N4O2S. The first kappa shape index (κ1) is 16.5. The van der Waals surface area contributed by atoms with E-state index in [0.717, 1.165) is 5.56 Å². The molecule has 0 spiro atoms. The van der Waals surface area contributed by atoms with E-state index in [1.165, 1.54) is 3.97 Å². The summed E-state index contributed by atoms with van der Waals surface area (Å²) in [7, 11) is -3.68. The Kier molecular flexibility index (Phi) is 3.69. The molecule has 6 nitrogen and oxygen atoms in total. The zero-order valence-electron chi connectivity index (χ0n) is 14.2. The van der Waals surface area contributed by atoms with Gasteiger partial charge in [0.15, 0.2) is 5.65 Å². The summed E-state index contributed by atoms with van der Waals surface area (Å²) in [5.74, 6) is 0.408. The van der Waals surface area contributed by atoms with E-state index in [4.69, 9.17) is 5.73 Å². The highest BCUT2D eigenvalue weighted by Crippen LogP contribution is 2.33. The van der Waals surface area contributed by atoms with Gasteiger partial charge in [0, 0.05) is 23.3 Å². The molecule has 0 radical (unpaired) electrons. The lowest BCUT2D eigenvalue weighted by atomic mass is 10.0. The van der Waals surface area contributed by atoms with E-state index in [-0.39, 0.29) is 0 Å². The first-order valence-corrected chi connectivity index (χ1v) is 9.65. The summed E-state index contributed by atoms with van der Waals surface area (Å²) in [4.78, 5) is 8.66. The number of nitrogens with two attached hydrogens (primary N) is 1. The molecule has 0 fully saturated rings. The second kappa shape index (κ2) is 5.81. The lowest BCUT2D eigenvalue weighted by molar-refractivity contribution is 0.554. The SMILES string of the molecule is CC1(S(=O)(=O)n2ccc3c(-c4cccc(N)n4)ccnc32)C=CC=CC1. The monoisotopic (exact) mass is 366 g/mol. The van der Waals surface area contributed by atoms with Gasteiger partial charge in [0.25, 0.3) is 0 Å². The molecule has 1 atom stereocenters. The molecular weight excluding hydrogens is 348 g/mol. The molecule has 0 aliphatic heterocycles. The van der Waals surface area contributed by atoms with Crippen molar-refractivity contribution in [3.05, 3.63) is 67.0 Å². The van der Waals surface area contributed by atoms with Gasteiger partial charge in [-0.15, -0.1) is 0 Å². The summed E-state index contributed by atoms with van der Waals surface area (Å²) in [5.41, 5.74) is 7.64. The second-order valence-corrected chi connectivity index (χ2v) is 8.74. The highest BCUT2D eigenvalue weighted by atomic mass is 32.2. The van der Waals surface area contributed by atoms with Crippen LogP contribution in [0.25, 0.3) is 22.3 Å². The molecule has 3 aromatic heterocycles. The molecule has 7 heteroatoms. The molecule has 0 bridgehead atoms. The molecule has 2 N–H and O–H groups in total. The number of anilines is 1. The van der Waals surface area contributed by atoms with Gasteiger partial charge in [0.1, 0.15) is 10.6 Å². The zero-order chi connectivity index (χ0) is 18.4. The molecule has 26 heavy (non-hydrogen) atoms. The number of allylic oxidation sites excluding steroid dienone is 3. The van der Waals surface area contributed by atoms with Crippen LogP contribution in [0, 0.1) is 0 Å².